The van der Waals surface area contributed by atoms with Gasteiger partial charge in [-0.1, -0.05) is 17.8 Å². The van der Waals surface area contributed by atoms with Crippen molar-refractivity contribution in [2.24, 2.45) is 5.73 Å². The van der Waals surface area contributed by atoms with Crippen LogP contribution in [0, 0.1) is 0 Å². The molecule has 1 aliphatic carbocycles. The predicted molar refractivity (Wildman–Crippen MR) is 156 cm³/mol. The Hall–Kier alpha value is -3.17. The zero-order valence-corrected chi connectivity index (χ0v) is 23.6. The van der Waals surface area contributed by atoms with Gasteiger partial charge in [-0.15, -0.1) is 22.7 Å². The molecule has 0 radical (unpaired) electrons. The number of nitrogens with two attached hydrogens (primary N) is 1. The van der Waals surface area contributed by atoms with Gasteiger partial charge in [-0.3, -0.25) is 9.59 Å². The molecule has 2 fully saturated rings. The Kier molecular flexibility index (Phi) is 7.44. The smallest absolute Gasteiger partial charge is 0.254 e. The summed E-state index contributed by atoms with van der Waals surface area (Å²) in [5.74, 6) is 0.129. The SMILES string of the molecule is NC(=O)c1cnc(N[C@H]2CCCC[C@H]2[NH3+])nc1Nc1cnc(-c2csc3c(=O)cc(N4CCOCC4)sc23)s1. The number of thiophene rings is 1. The number of carbonyl (C=O) groups is 1. The van der Waals surface area contributed by atoms with E-state index in [1.54, 1.807) is 23.6 Å². The van der Waals surface area contributed by atoms with Gasteiger partial charge in [0.15, 0.2) is 5.43 Å². The Balaban J connectivity index is 1.28. The van der Waals surface area contributed by atoms with Crippen LogP contribution in [0.2, 0.25) is 0 Å². The lowest BCUT2D eigenvalue weighted by Gasteiger charge is -2.28. The first-order chi connectivity index (χ1) is 19.0. The number of morpholine rings is 1. The fraction of sp³-hybridized carbons (Fsp3) is 0.400. The van der Waals surface area contributed by atoms with E-state index >= 15 is 0 Å². The number of aromatic nitrogens is 3. The first-order valence-electron chi connectivity index (χ1n) is 12.8. The second-order valence-electron chi connectivity index (χ2n) is 9.63. The number of primary amides is 1. The van der Waals surface area contributed by atoms with Crippen LogP contribution in [0.4, 0.5) is 21.8 Å². The van der Waals surface area contributed by atoms with Gasteiger partial charge >= 0.3 is 0 Å². The summed E-state index contributed by atoms with van der Waals surface area (Å²) in [5.41, 5.74) is 11.0. The quantitative estimate of drug-likeness (QED) is 0.255. The molecule has 2 atom stereocenters. The van der Waals surface area contributed by atoms with E-state index in [9.17, 15) is 9.59 Å². The van der Waals surface area contributed by atoms with Crippen molar-refractivity contribution in [2.45, 2.75) is 37.8 Å². The molecule has 1 aliphatic heterocycles. The third-order valence-electron chi connectivity index (χ3n) is 7.01. The van der Waals surface area contributed by atoms with E-state index < -0.39 is 5.91 Å². The predicted octanol–water partition coefficient (Wildman–Crippen LogP) is 2.88. The summed E-state index contributed by atoms with van der Waals surface area (Å²) in [6.45, 7) is 2.84. The van der Waals surface area contributed by atoms with Crippen molar-refractivity contribution in [2.75, 3.05) is 41.8 Å². The van der Waals surface area contributed by atoms with E-state index in [-0.39, 0.29) is 23.1 Å². The molecule has 1 saturated carbocycles. The lowest BCUT2D eigenvalue weighted by atomic mass is 9.91. The summed E-state index contributed by atoms with van der Waals surface area (Å²) in [5, 5.41) is 11.0. The highest BCUT2D eigenvalue weighted by molar-refractivity contribution is 7.29. The molecular formula is C25H29N8O3S3+. The van der Waals surface area contributed by atoms with Crippen LogP contribution in [0.25, 0.3) is 20.0 Å². The van der Waals surface area contributed by atoms with Crippen LogP contribution in [0.3, 0.4) is 0 Å². The Labute approximate surface area is 236 Å². The molecule has 1 saturated heterocycles. The van der Waals surface area contributed by atoms with E-state index in [4.69, 9.17) is 10.5 Å². The molecule has 2 aliphatic rings. The van der Waals surface area contributed by atoms with Crippen molar-refractivity contribution >= 4 is 71.1 Å². The number of thiazole rings is 1. The highest BCUT2D eigenvalue weighted by Crippen LogP contribution is 2.41. The molecule has 0 bridgehead atoms. The van der Waals surface area contributed by atoms with Crippen LogP contribution in [-0.4, -0.2) is 59.2 Å². The van der Waals surface area contributed by atoms with Crippen LogP contribution in [-0.2, 0) is 4.74 Å². The molecule has 6 rings (SSSR count). The molecule has 11 nitrogen and oxygen atoms in total. The number of amides is 1. The summed E-state index contributed by atoms with van der Waals surface area (Å²) >= 11 is 4.46. The lowest BCUT2D eigenvalue weighted by molar-refractivity contribution is -0.427. The van der Waals surface area contributed by atoms with E-state index in [1.807, 2.05) is 5.38 Å². The Bertz CT molecular complexity index is 1560. The molecule has 0 aromatic carbocycles. The maximum absolute atomic E-state index is 12.9. The standard InChI is InChI=1S/C25H28N8O3S3/c26-15-3-1-2-4-16(15)30-25-29-10-13(22(27)35)23(32-25)31-18-11-28-24(38-18)14-12-37-21-17(34)9-19(39-20(14)21)33-5-7-36-8-6-33/h9-12,15-16H,1-8,26H2,(H2,27,35)(H2,29,30,31,32)/p+1/t15-,16+/m1/s1. The third kappa shape index (κ3) is 5.47. The summed E-state index contributed by atoms with van der Waals surface area (Å²) in [6.07, 6.45) is 7.53. The van der Waals surface area contributed by atoms with Crippen LogP contribution < -0.4 is 32.4 Å². The van der Waals surface area contributed by atoms with Gasteiger partial charge in [0.05, 0.1) is 39.9 Å². The van der Waals surface area contributed by atoms with Gasteiger partial charge in [0.25, 0.3) is 5.91 Å². The van der Waals surface area contributed by atoms with Crippen LogP contribution in [0.15, 0.2) is 28.6 Å². The number of nitrogens with zero attached hydrogens (tertiary/aromatic N) is 4. The molecule has 1 amide bonds. The topological polar surface area (TPSA) is 163 Å². The molecule has 4 aromatic heterocycles. The number of hydrogen-bond donors (Lipinski definition) is 4. The molecule has 5 heterocycles. The maximum Gasteiger partial charge on any atom is 0.254 e. The van der Waals surface area contributed by atoms with Crippen molar-refractivity contribution in [1.29, 1.82) is 0 Å². The van der Waals surface area contributed by atoms with Crippen LogP contribution >= 0.6 is 34.0 Å². The zero-order chi connectivity index (χ0) is 26.9. The molecule has 4 aromatic rings. The second-order valence-corrected chi connectivity index (χ2v) is 12.6. The average molecular weight is 586 g/mol. The van der Waals surface area contributed by atoms with E-state index in [1.165, 1.54) is 35.3 Å². The highest BCUT2D eigenvalue weighted by Gasteiger charge is 2.26. The van der Waals surface area contributed by atoms with Crippen LogP contribution in [0.1, 0.15) is 36.0 Å². The first-order valence-corrected chi connectivity index (χ1v) is 15.4. The number of anilines is 4. The summed E-state index contributed by atoms with van der Waals surface area (Å²) in [4.78, 5) is 40.7. The van der Waals surface area contributed by atoms with Gasteiger partial charge in [-0.25, -0.2) is 9.97 Å². The summed E-state index contributed by atoms with van der Waals surface area (Å²) in [7, 11) is 0. The normalized spacial score (nSPS) is 19.8. The molecule has 39 heavy (non-hydrogen) atoms. The number of ether oxygens (including phenoxy) is 1. The number of quaternary nitrogens is 1. The molecule has 204 valence electrons. The van der Waals surface area contributed by atoms with Crippen molar-refractivity contribution in [1.82, 2.24) is 15.0 Å². The van der Waals surface area contributed by atoms with Gasteiger partial charge < -0.3 is 31.7 Å². The number of rotatable bonds is 7. The van der Waals surface area contributed by atoms with E-state index in [0.29, 0.717) is 30.0 Å². The van der Waals surface area contributed by atoms with Crippen molar-refractivity contribution < 1.29 is 15.3 Å². The third-order valence-corrected chi connectivity index (χ3v) is 10.3. The molecular weight excluding hydrogens is 557 g/mol. The summed E-state index contributed by atoms with van der Waals surface area (Å²) < 4.78 is 7.12. The average Bonchev–Trinajstić information content (AvgIpc) is 3.58. The first kappa shape index (κ1) is 26.1. The molecule has 0 unspecified atom stereocenters. The fourth-order valence-corrected chi connectivity index (χ4v) is 8.20. The second kappa shape index (κ2) is 11.1. The van der Waals surface area contributed by atoms with E-state index in [0.717, 1.165) is 57.3 Å². The largest absolute Gasteiger partial charge is 0.378 e. The van der Waals surface area contributed by atoms with Gasteiger partial charge in [-0.05, 0) is 12.8 Å². The van der Waals surface area contributed by atoms with Crippen molar-refractivity contribution in [3.05, 3.63) is 39.6 Å². The van der Waals surface area contributed by atoms with Gasteiger partial charge in [0.1, 0.15) is 27.4 Å². The molecule has 14 heteroatoms. The maximum atomic E-state index is 12.9. The minimum atomic E-state index is -0.620. The van der Waals surface area contributed by atoms with Gasteiger partial charge in [-0.2, -0.15) is 4.98 Å². The fourth-order valence-electron chi connectivity index (χ4n) is 4.88. The molecule has 0 spiro atoms. The number of fused-ring (bicyclic) bond motifs is 1. The number of hydrogen-bond acceptors (Lipinski definition) is 12. The van der Waals surface area contributed by atoms with E-state index in [2.05, 4.69) is 36.2 Å². The minimum absolute atomic E-state index is 0.0194. The Morgan fingerprint density at radius 1 is 1.13 bits per heavy atom. The zero-order valence-electron chi connectivity index (χ0n) is 21.1. The molecule has 7 N–H and O–H groups in total. The van der Waals surface area contributed by atoms with Gasteiger partial charge in [0.2, 0.25) is 5.95 Å². The Morgan fingerprint density at radius 2 is 1.95 bits per heavy atom. The van der Waals surface area contributed by atoms with Crippen LogP contribution in [0.5, 0.6) is 0 Å². The lowest BCUT2D eigenvalue weighted by Crippen LogP contribution is -2.68. The van der Waals surface area contributed by atoms with Gasteiger partial charge in [0, 0.05) is 42.7 Å². The number of carbonyl (C=O) groups excluding carboxylic acids is 1. The van der Waals surface area contributed by atoms with Crippen molar-refractivity contribution in [3.8, 4) is 10.6 Å². The van der Waals surface area contributed by atoms with Crippen molar-refractivity contribution in [3.63, 3.8) is 0 Å². The minimum Gasteiger partial charge on any atom is -0.378 e. The summed E-state index contributed by atoms with van der Waals surface area (Å²) in [6, 6.07) is 2.19. The highest BCUT2D eigenvalue weighted by atomic mass is 32.1. The number of nitrogens with one attached hydrogen (secondary N) is 2. The monoisotopic (exact) mass is 585 g/mol. The Morgan fingerprint density at radius 3 is 2.74 bits per heavy atom.